The normalized spacial score (nSPS) is 15.8. The number of pyridine rings is 1. The predicted octanol–water partition coefficient (Wildman–Crippen LogP) is 7.19. The van der Waals surface area contributed by atoms with Crippen LogP contribution in [0.3, 0.4) is 0 Å². The molecule has 230 valence electrons. The number of nitrogens with zero attached hydrogens (tertiary/aromatic N) is 2. The van der Waals surface area contributed by atoms with Crippen molar-refractivity contribution in [3.8, 4) is 22.6 Å². The Balaban J connectivity index is 1.27. The van der Waals surface area contributed by atoms with Crippen molar-refractivity contribution in [2.45, 2.75) is 61.7 Å². The molecule has 1 heterocycles. The average Bonchev–Trinajstić information content (AvgIpc) is 3.97. The number of sulfonamides is 1. The van der Waals surface area contributed by atoms with Crippen LogP contribution in [-0.4, -0.2) is 45.0 Å². The molecule has 2 aliphatic carbocycles. The van der Waals surface area contributed by atoms with E-state index >= 15 is 0 Å². The molecule has 0 saturated heterocycles. The van der Waals surface area contributed by atoms with E-state index < -0.39 is 15.6 Å². The first kappa shape index (κ1) is 30.6. The number of hydrogen-bond donors (Lipinski definition) is 0. The van der Waals surface area contributed by atoms with E-state index in [-0.39, 0.29) is 17.6 Å². The highest BCUT2D eigenvalue weighted by Crippen LogP contribution is 2.53. The minimum absolute atomic E-state index is 0.169. The lowest BCUT2D eigenvalue weighted by molar-refractivity contribution is 0.0173. The molecule has 6 rings (SSSR count). The van der Waals surface area contributed by atoms with E-state index in [1.54, 1.807) is 39.5 Å². The van der Waals surface area contributed by atoms with Crippen LogP contribution in [-0.2, 0) is 39.8 Å². The Labute approximate surface area is 264 Å². The van der Waals surface area contributed by atoms with Crippen molar-refractivity contribution in [3.63, 3.8) is 0 Å². The average molecular weight is 633 g/mol. The second-order valence-corrected chi connectivity index (χ2v) is 14.2. The zero-order valence-electron chi connectivity index (χ0n) is 25.3. The Hall–Kier alpha value is -3.43. The maximum absolute atomic E-state index is 13.5. The molecule has 1 aromatic heterocycles. The number of rotatable bonds is 13. The topological polar surface area (TPSA) is 78.0 Å². The van der Waals surface area contributed by atoms with E-state index in [1.165, 1.54) is 4.31 Å². The highest BCUT2D eigenvalue weighted by Gasteiger charge is 2.48. The van der Waals surface area contributed by atoms with Crippen LogP contribution in [0.4, 0.5) is 0 Å². The first-order valence-corrected chi connectivity index (χ1v) is 16.7. The van der Waals surface area contributed by atoms with Gasteiger partial charge >= 0.3 is 0 Å². The minimum atomic E-state index is -3.73. The van der Waals surface area contributed by atoms with E-state index in [4.69, 9.17) is 25.8 Å². The molecule has 0 spiro atoms. The van der Waals surface area contributed by atoms with Gasteiger partial charge in [0.15, 0.2) is 0 Å². The van der Waals surface area contributed by atoms with E-state index in [1.807, 2.05) is 54.7 Å². The zero-order valence-corrected chi connectivity index (χ0v) is 26.8. The maximum Gasteiger partial charge on any atom is 0.242 e. The van der Waals surface area contributed by atoms with Crippen molar-refractivity contribution < 1.29 is 22.6 Å². The molecule has 2 fully saturated rings. The summed E-state index contributed by atoms with van der Waals surface area (Å²) in [4.78, 5) is 4.69. The van der Waals surface area contributed by atoms with Crippen LogP contribution >= 0.6 is 11.6 Å². The Morgan fingerprint density at radius 2 is 1.70 bits per heavy atom. The van der Waals surface area contributed by atoms with Crippen LogP contribution in [0.5, 0.6) is 11.5 Å². The van der Waals surface area contributed by atoms with Crippen molar-refractivity contribution >= 4 is 21.6 Å². The molecule has 7 nitrogen and oxygen atoms in total. The molecular formula is C35H37ClN2O5S. The Morgan fingerprint density at radius 1 is 0.955 bits per heavy atom. The number of halogens is 1. The van der Waals surface area contributed by atoms with Gasteiger partial charge < -0.3 is 14.2 Å². The number of aryl methyl sites for hydroxylation is 2. The van der Waals surface area contributed by atoms with Crippen LogP contribution in [0.15, 0.2) is 84.0 Å². The van der Waals surface area contributed by atoms with E-state index in [9.17, 15) is 8.42 Å². The maximum atomic E-state index is 13.5. The zero-order chi connectivity index (χ0) is 30.9. The van der Waals surface area contributed by atoms with Gasteiger partial charge in [0.1, 0.15) is 11.5 Å². The molecule has 0 radical (unpaired) electrons. The van der Waals surface area contributed by atoms with Crippen molar-refractivity contribution in [2.24, 2.45) is 0 Å². The van der Waals surface area contributed by atoms with Crippen LogP contribution in [0, 0.1) is 0 Å². The monoisotopic (exact) mass is 632 g/mol. The molecule has 9 heteroatoms. The Morgan fingerprint density at radius 3 is 2.39 bits per heavy atom. The first-order valence-electron chi connectivity index (χ1n) is 14.9. The molecule has 0 unspecified atom stereocenters. The van der Waals surface area contributed by atoms with Gasteiger partial charge in [0.2, 0.25) is 10.0 Å². The smallest absolute Gasteiger partial charge is 0.242 e. The van der Waals surface area contributed by atoms with E-state index in [0.29, 0.717) is 29.0 Å². The molecule has 0 amide bonds. The van der Waals surface area contributed by atoms with Gasteiger partial charge in [0, 0.05) is 42.6 Å². The third-order valence-corrected chi connectivity index (χ3v) is 10.6. The standard InChI is InChI=1S/C35H37ClN2O5S/c1-38(2)44(39,40)34-21-26(32(36)20-25(34)11-8-24-9-12-27(41-3)13-10-24)23-42-35(17-18-35)31-22-37-19-16-29(31)30-6-4-5-7-33(30)43-28-14-15-28/h4-7,9-10,12-13,16,19-22,28H,8,11,14-15,17-18,23H2,1-3H3. The molecule has 2 aliphatic rings. The fraction of sp³-hybridized carbons (Fsp3) is 0.343. The number of ether oxygens (including phenoxy) is 3. The molecule has 2 saturated carbocycles. The van der Waals surface area contributed by atoms with Crippen LogP contribution < -0.4 is 9.47 Å². The van der Waals surface area contributed by atoms with Gasteiger partial charge in [-0.05, 0) is 97.2 Å². The highest BCUT2D eigenvalue weighted by molar-refractivity contribution is 7.89. The molecule has 0 N–H and O–H groups in total. The SMILES string of the molecule is COc1ccc(CCc2cc(Cl)c(COC3(c4cnccc4-c4ccccc4OC4CC4)CC3)cc2S(=O)(=O)N(C)C)cc1. The van der Waals surface area contributed by atoms with Crippen molar-refractivity contribution in [2.75, 3.05) is 21.2 Å². The van der Waals surface area contributed by atoms with Gasteiger partial charge in [0.25, 0.3) is 0 Å². The molecule has 3 aromatic carbocycles. The van der Waals surface area contributed by atoms with Gasteiger partial charge in [-0.1, -0.05) is 41.9 Å². The quantitative estimate of drug-likeness (QED) is 0.155. The Bertz CT molecular complexity index is 1750. The summed E-state index contributed by atoms with van der Waals surface area (Å²) in [6, 6.07) is 21.4. The number of aromatic nitrogens is 1. The second kappa shape index (κ2) is 12.5. The third-order valence-electron chi connectivity index (χ3n) is 8.35. The summed E-state index contributed by atoms with van der Waals surface area (Å²) in [5.74, 6) is 1.64. The summed E-state index contributed by atoms with van der Waals surface area (Å²) < 4.78 is 46.3. The van der Waals surface area contributed by atoms with Crippen LogP contribution in [0.2, 0.25) is 5.02 Å². The molecule has 4 aromatic rings. The van der Waals surface area contributed by atoms with E-state index in [2.05, 4.69) is 11.1 Å². The van der Waals surface area contributed by atoms with Gasteiger partial charge in [-0.2, -0.15) is 0 Å². The largest absolute Gasteiger partial charge is 0.497 e. The number of para-hydroxylation sites is 1. The lowest BCUT2D eigenvalue weighted by Gasteiger charge is -2.23. The molecule has 0 aliphatic heterocycles. The van der Waals surface area contributed by atoms with Crippen LogP contribution in [0.1, 0.15) is 47.9 Å². The lowest BCUT2D eigenvalue weighted by Crippen LogP contribution is -2.24. The van der Waals surface area contributed by atoms with Crippen molar-refractivity contribution in [3.05, 3.63) is 106 Å². The second-order valence-electron chi connectivity index (χ2n) is 11.7. The van der Waals surface area contributed by atoms with Gasteiger partial charge in [-0.3, -0.25) is 4.98 Å². The summed E-state index contributed by atoms with van der Waals surface area (Å²) in [6.07, 6.45) is 8.95. The van der Waals surface area contributed by atoms with Crippen molar-refractivity contribution in [1.29, 1.82) is 0 Å². The first-order chi connectivity index (χ1) is 21.2. The molecule has 44 heavy (non-hydrogen) atoms. The summed E-state index contributed by atoms with van der Waals surface area (Å²) in [7, 11) is 0.987. The Kier molecular flexibility index (Phi) is 8.70. The van der Waals surface area contributed by atoms with Crippen molar-refractivity contribution in [1.82, 2.24) is 9.29 Å². The molecular weight excluding hydrogens is 596 g/mol. The summed E-state index contributed by atoms with van der Waals surface area (Å²) in [5.41, 5.74) is 4.90. The van der Waals surface area contributed by atoms with Crippen LogP contribution in [0.25, 0.3) is 11.1 Å². The summed E-state index contributed by atoms with van der Waals surface area (Å²) in [6.45, 7) is 0.169. The molecule has 0 bridgehead atoms. The fourth-order valence-electron chi connectivity index (χ4n) is 5.42. The predicted molar refractivity (Wildman–Crippen MR) is 172 cm³/mol. The lowest BCUT2D eigenvalue weighted by atomic mass is 9.96. The minimum Gasteiger partial charge on any atom is -0.497 e. The summed E-state index contributed by atoms with van der Waals surface area (Å²) >= 11 is 6.82. The van der Waals surface area contributed by atoms with Gasteiger partial charge in [-0.25, -0.2) is 12.7 Å². The fourth-order valence-corrected chi connectivity index (χ4v) is 6.84. The molecule has 0 atom stereocenters. The highest BCUT2D eigenvalue weighted by atomic mass is 35.5. The number of benzene rings is 3. The van der Waals surface area contributed by atoms with Gasteiger partial charge in [-0.15, -0.1) is 0 Å². The number of hydrogen-bond acceptors (Lipinski definition) is 6. The van der Waals surface area contributed by atoms with E-state index in [0.717, 1.165) is 59.4 Å². The summed E-state index contributed by atoms with van der Waals surface area (Å²) in [5, 5.41) is 0.484. The third kappa shape index (κ3) is 6.49. The van der Waals surface area contributed by atoms with Gasteiger partial charge in [0.05, 0.1) is 30.3 Å². The number of methoxy groups -OCH3 is 1.